The fourth-order valence-corrected chi connectivity index (χ4v) is 2.10. The number of rotatable bonds is 10. The lowest BCUT2D eigenvalue weighted by molar-refractivity contribution is -0.147. The van der Waals surface area contributed by atoms with E-state index in [4.69, 9.17) is 20.1 Å². The van der Waals surface area contributed by atoms with Gasteiger partial charge in [0.25, 0.3) is 0 Å². The number of benzene rings is 1. The molecule has 0 aliphatic heterocycles. The monoisotopic (exact) mass is 386 g/mol. The van der Waals surface area contributed by atoms with Crippen LogP contribution in [0.15, 0.2) is 33.9 Å². The number of nitrogens with zero attached hydrogens (tertiary/aromatic N) is 3. The lowest BCUT2D eigenvalue weighted by Gasteiger charge is -2.26. The van der Waals surface area contributed by atoms with Crippen molar-refractivity contribution in [3.05, 3.63) is 39.2 Å². The Morgan fingerprint density at radius 3 is 2.74 bits per heavy atom. The van der Waals surface area contributed by atoms with Crippen LogP contribution in [-0.2, 0) is 14.3 Å². The van der Waals surface area contributed by atoms with Crippen molar-refractivity contribution < 1.29 is 19.4 Å². The van der Waals surface area contributed by atoms with Gasteiger partial charge in [-0.1, -0.05) is 21.0 Å². The van der Waals surface area contributed by atoms with Gasteiger partial charge < -0.3 is 19.9 Å². The summed E-state index contributed by atoms with van der Waals surface area (Å²) in [5, 5.41) is 15.4. The highest BCUT2D eigenvalue weighted by Crippen LogP contribution is 2.17. The minimum atomic E-state index is -0.867. The lowest BCUT2D eigenvalue weighted by atomic mass is 10.1. The molecule has 0 bridgehead atoms. The van der Waals surface area contributed by atoms with Crippen LogP contribution < -0.4 is 5.32 Å². The molecule has 0 amide bonds. The maximum absolute atomic E-state index is 12.2. The first-order valence-corrected chi connectivity index (χ1v) is 7.83. The number of carbonyl (C=O) groups excluding carboxylic acids is 1. The fraction of sp³-hybridized carbons (Fsp3) is 0.500. The molecule has 0 aliphatic carbocycles. The number of carbonyl (C=O) groups is 1. The van der Waals surface area contributed by atoms with Crippen molar-refractivity contribution >= 4 is 27.6 Å². The van der Waals surface area contributed by atoms with Gasteiger partial charge in [0.2, 0.25) is 0 Å². The predicted molar refractivity (Wildman–Crippen MR) is 89.0 cm³/mol. The Labute approximate surface area is 142 Å². The molecule has 0 saturated heterocycles. The number of aliphatic hydroxyl groups excluding tert-OH is 1. The van der Waals surface area contributed by atoms with Gasteiger partial charge in [-0.25, -0.2) is 4.79 Å². The number of nitrogens with one attached hydrogen (secondary N) is 1. The molecule has 23 heavy (non-hydrogen) atoms. The van der Waals surface area contributed by atoms with Crippen molar-refractivity contribution in [2.75, 3.05) is 31.7 Å². The molecule has 0 aliphatic rings. The number of hydrogen-bond donors (Lipinski definition) is 2. The Hall–Kier alpha value is -1.80. The van der Waals surface area contributed by atoms with Crippen molar-refractivity contribution in [3.63, 3.8) is 0 Å². The topological polar surface area (TPSA) is 117 Å². The summed E-state index contributed by atoms with van der Waals surface area (Å²) in [6.45, 7) is 1.66. The van der Waals surface area contributed by atoms with E-state index in [0.717, 1.165) is 4.47 Å². The SMILES string of the molecule is CCOC(=O)C(Nc1ccc(Br)cc1)C(CN=[N+]=[N-])OCCO. The summed E-state index contributed by atoms with van der Waals surface area (Å²) >= 11 is 3.34. The second-order valence-electron chi connectivity index (χ2n) is 4.43. The summed E-state index contributed by atoms with van der Waals surface area (Å²) in [6.07, 6.45) is -0.763. The summed E-state index contributed by atoms with van der Waals surface area (Å²) in [5.74, 6) is -0.522. The van der Waals surface area contributed by atoms with Crippen molar-refractivity contribution in [1.29, 1.82) is 0 Å². The van der Waals surface area contributed by atoms with Gasteiger partial charge in [-0.05, 0) is 36.7 Å². The summed E-state index contributed by atoms with van der Waals surface area (Å²) in [6, 6.07) is 6.34. The molecular weight excluding hydrogens is 368 g/mol. The zero-order valence-corrected chi connectivity index (χ0v) is 14.3. The Bertz CT molecular complexity index is 534. The van der Waals surface area contributed by atoms with Gasteiger partial charge in [0.15, 0.2) is 6.04 Å². The summed E-state index contributed by atoms with van der Waals surface area (Å²) < 4.78 is 11.4. The molecule has 2 unspecified atom stereocenters. The summed E-state index contributed by atoms with van der Waals surface area (Å²) in [4.78, 5) is 14.9. The van der Waals surface area contributed by atoms with Gasteiger partial charge in [0, 0.05) is 15.1 Å². The molecule has 0 radical (unpaired) electrons. The molecule has 0 fully saturated rings. The quantitative estimate of drug-likeness (QED) is 0.277. The van der Waals surface area contributed by atoms with E-state index < -0.39 is 18.1 Å². The van der Waals surface area contributed by atoms with Gasteiger partial charge in [-0.3, -0.25) is 0 Å². The number of esters is 1. The molecule has 2 atom stereocenters. The smallest absolute Gasteiger partial charge is 0.331 e. The minimum absolute atomic E-state index is 0.0174. The number of aliphatic hydroxyl groups is 1. The molecule has 9 heteroatoms. The van der Waals surface area contributed by atoms with Gasteiger partial charge in [-0.15, -0.1) is 0 Å². The molecular formula is C14H19BrN4O4. The first-order chi connectivity index (χ1) is 11.1. The first-order valence-electron chi connectivity index (χ1n) is 7.04. The molecule has 0 spiro atoms. The molecule has 1 rings (SSSR count). The summed E-state index contributed by atoms with van der Waals surface area (Å²) in [7, 11) is 0. The van der Waals surface area contributed by atoms with Crippen LogP contribution in [0.3, 0.4) is 0 Å². The van der Waals surface area contributed by atoms with Crippen LogP contribution in [0.2, 0.25) is 0 Å². The Balaban J connectivity index is 2.96. The molecule has 8 nitrogen and oxygen atoms in total. The second-order valence-corrected chi connectivity index (χ2v) is 5.34. The lowest BCUT2D eigenvalue weighted by Crippen LogP contribution is -2.45. The number of hydrogen-bond acceptors (Lipinski definition) is 6. The normalized spacial score (nSPS) is 12.8. The highest BCUT2D eigenvalue weighted by Gasteiger charge is 2.30. The maximum Gasteiger partial charge on any atom is 0.331 e. The molecule has 0 heterocycles. The van der Waals surface area contributed by atoms with E-state index in [1.54, 1.807) is 19.1 Å². The van der Waals surface area contributed by atoms with Crippen LogP contribution in [0.5, 0.6) is 0 Å². The highest BCUT2D eigenvalue weighted by atomic mass is 79.9. The van der Waals surface area contributed by atoms with Crippen LogP contribution in [0, 0.1) is 0 Å². The number of halogens is 1. The standard InChI is InChI=1S/C14H19BrN4O4/c1-2-22-14(21)13(12(9-17-19-16)23-8-7-20)18-11-5-3-10(15)4-6-11/h3-6,12-13,18,20H,2,7-9H2,1H3. The van der Waals surface area contributed by atoms with Crippen LogP contribution in [-0.4, -0.2) is 49.6 Å². The van der Waals surface area contributed by atoms with E-state index in [1.807, 2.05) is 12.1 Å². The van der Waals surface area contributed by atoms with Gasteiger partial charge in [-0.2, -0.15) is 0 Å². The third-order valence-corrected chi connectivity index (χ3v) is 3.36. The second kappa shape index (κ2) is 10.8. The third kappa shape index (κ3) is 6.87. The van der Waals surface area contributed by atoms with Gasteiger partial charge >= 0.3 is 5.97 Å². The van der Waals surface area contributed by atoms with Crippen LogP contribution in [0.25, 0.3) is 10.4 Å². The van der Waals surface area contributed by atoms with Crippen molar-refractivity contribution in [1.82, 2.24) is 0 Å². The number of ether oxygens (including phenoxy) is 2. The molecule has 0 aromatic heterocycles. The average molecular weight is 387 g/mol. The third-order valence-electron chi connectivity index (χ3n) is 2.83. The van der Waals surface area contributed by atoms with Crippen molar-refractivity contribution in [2.24, 2.45) is 5.11 Å². The zero-order valence-electron chi connectivity index (χ0n) is 12.7. The first kappa shape index (κ1) is 19.2. The Kier molecular flexibility index (Phi) is 9.08. The van der Waals surface area contributed by atoms with Gasteiger partial charge in [0.05, 0.1) is 32.5 Å². The minimum Gasteiger partial charge on any atom is -0.464 e. The predicted octanol–water partition coefficient (Wildman–Crippen LogP) is 2.48. The molecule has 1 aromatic carbocycles. The summed E-state index contributed by atoms with van der Waals surface area (Å²) in [5.41, 5.74) is 9.18. The van der Waals surface area contributed by atoms with Crippen LogP contribution in [0.1, 0.15) is 6.92 Å². The van der Waals surface area contributed by atoms with E-state index in [2.05, 4.69) is 31.3 Å². The van der Waals surface area contributed by atoms with Crippen LogP contribution >= 0.6 is 15.9 Å². The van der Waals surface area contributed by atoms with E-state index in [9.17, 15) is 4.79 Å². The van der Waals surface area contributed by atoms with Crippen molar-refractivity contribution in [2.45, 2.75) is 19.1 Å². The number of azide groups is 1. The largest absolute Gasteiger partial charge is 0.464 e. The van der Waals surface area contributed by atoms with Crippen LogP contribution in [0.4, 0.5) is 5.69 Å². The number of anilines is 1. The zero-order chi connectivity index (χ0) is 17.1. The molecule has 1 aromatic rings. The van der Waals surface area contributed by atoms with Crippen molar-refractivity contribution in [3.8, 4) is 0 Å². The average Bonchev–Trinajstić information content (AvgIpc) is 2.55. The Morgan fingerprint density at radius 2 is 2.17 bits per heavy atom. The fourth-order valence-electron chi connectivity index (χ4n) is 1.84. The van der Waals surface area contributed by atoms with E-state index >= 15 is 0 Å². The highest BCUT2D eigenvalue weighted by molar-refractivity contribution is 9.10. The van der Waals surface area contributed by atoms with E-state index in [1.165, 1.54) is 0 Å². The Morgan fingerprint density at radius 1 is 1.48 bits per heavy atom. The molecule has 0 saturated carbocycles. The molecule has 126 valence electrons. The van der Waals surface area contributed by atoms with Gasteiger partial charge in [0.1, 0.15) is 0 Å². The van der Waals surface area contributed by atoms with E-state index in [-0.39, 0.29) is 26.4 Å². The van der Waals surface area contributed by atoms with E-state index in [0.29, 0.717) is 5.69 Å². The maximum atomic E-state index is 12.2. The molecule has 2 N–H and O–H groups in total.